The maximum absolute atomic E-state index is 12.2. The topological polar surface area (TPSA) is 123 Å². The first kappa shape index (κ1) is 23.4. The van der Waals surface area contributed by atoms with Crippen LogP contribution in [0.4, 0.5) is 10.6 Å². The minimum absolute atomic E-state index is 0.00100. The molecule has 0 bridgehead atoms. The van der Waals surface area contributed by atoms with E-state index in [0.717, 1.165) is 11.1 Å². The van der Waals surface area contributed by atoms with Crippen molar-refractivity contribution >= 4 is 35.5 Å². The zero-order valence-electron chi connectivity index (χ0n) is 18.5. The molecule has 9 nitrogen and oxygen atoms in total. The number of nitrogens with zero attached hydrogens (tertiary/aromatic N) is 2. The third-order valence-corrected chi connectivity index (χ3v) is 6.48. The number of hydrogen-bond donors (Lipinski definition) is 3. The number of aromatic nitrogens is 2. The summed E-state index contributed by atoms with van der Waals surface area (Å²) in [7, 11) is 1.55. The summed E-state index contributed by atoms with van der Waals surface area (Å²) >= 11 is 1.31. The van der Waals surface area contributed by atoms with Gasteiger partial charge in [0.2, 0.25) is 5.91 Å². The first-order valence-electron chi connectivity index (χ1n) is 10.7. The quantitative estimate of drug-likeness (QED) is 0.402. The fraction of sp³-hybridized carbons (Fsp3) is 0.250. The van der Waals surface area contributed by atoms with E-state index in [0.29, 0.717) is 12.3 Å². The van der Waals surface area contributed by atoms with Crippen LogP contribution in [0.3, 0.4) is 0 Å². The van der Waals surface area contributed by atoms with E-state index in [2.05, 4.69) is 40.0 Å². The molecule has 1 aromatic heterocycles. The number of anilines is 1. The number of aromatic carboxylic acids is 1. The fourth-order valence-electron chi connectivity index (χ4n) is 3.95. The monoisotopic (exact) mass is 480 g/mol. The third kappa shape index (κ3) is 5.07. The number of alkyl carbamates (subject to hydrolysis) is 1. The number of fused-ring (bicyclic) bond motifs is 3. The zero-order chi connectivity index (χ0) is 24.1. The lowest BCUT2D eigenvalue weighted by Crippen LogP contribution is -2.28. The minimum Gasteiger partial charge on any atom is -0.477 e. The number of hydrogen-bond acceptors (Lipinski definition) is 6. The second-order valence-corrected chi connectivity index (χ2v) is 8.79. The van der Waals surface area contributed by atoms with Crippen LogP contribution in [0.15, 0.2) is 54.7 Å². The van der Waals surface area contributed by atoms with Crippen LogP contribution in [0, 0.1) is 0 Å². The van der Waals surface area contributed by atoms with Crippen LogP contribution in [0.2, 0.25) is 0 Å². The van der Waals surface area contributed by atoms with Crippen LogP contribution in [-0.4, -0.2) is 57.5 Å². The molecule has 1 heterocycles. The number of ether oxygens (including phenoxy) is 1. The molecule has 2 aromatic carbocycles. The minimum atomic E-state index is -1.16. The summed E-state index contributed by atoms with van der Waals surface area (Å²) in [5.41, 5.74) is 4.57. The molecule has 0 spiro atoms. The van der Waals surface area contributed by atoms with Gasteiger partial charge in [-0.3, -0.25) is 9.48 Å². The Kier molecular flexibility index (Phi) is 7.17. The molecule has 10 heteroatoms. The number of benzene rings is 2. The molecule has 0 aliphatic heterocycles. The van der Waals surface area contributed by atoms with Gasteiger partial charge in [0.05, 0.1) is 11.9 Å². The lowest BCUT2D eigenvalue weighted by atomic mass is 9.98. The van der Waals surface area contributed by atoms with Gasteiger partial charge in [0.25, 0.3) is 0 Å². The SMILES string of the molecule is Cn1ncc(C(=O)O)c1NC(=O)CSCCNC(=O)OCC1c2ccccc2-c2ccccc21. The lowest BCUT2D eigenvalue weighted by molar-refractivity contribution is -0.113. The van der Waals surface area contributed by atoms with Gasteiger partial charge in [-0.15, -0.1) is 0 Å². The van der Waals surface area contributed by atoms with Gasteiger partial charge in [-0.05, 0) is 22.3 Å². The molecule has 3 aromatic rings. The number of nitrogens with one attached hydrogen (secondary N) is 2. The Labute approximate surface area is 200 Å². The Morgan fingerprint density at radius 1 is 1.09 bits per heavy atom. The smallest absolute Gasteiger partial charge is 0.407 e. The van der Waals surface area contributed by atoms with Crippen LogP contribution in [0.1, 0.15) is 27.4 Å². The molecule has 1 aliphatic rings. The van der Waals surface area contributed by atoms with Crippen molar-refractivity contribution in [3.8, 4) is 11.1 Å². The van der Waals surface area contributed by atoms with Crippen molar-refractivity contribution < 1.29 is 24.2 Å². The van der Waals surface area contributed by atoms with E-state index in [-0.39, 0.29) is 35.6 Å². The number of thioether (sulfide) groups is 1. The normalized spacial score (nSPS) is 12.0. The van der Waals surface area contributed by atoms with Gasteiger partial charge in [0, 0.05) is 25.3 Å². The summed E-state index contributed by atoms with van der Waals surface area (Å²) in [5.74, 6) is -0.778. The van der Waals surface area contributed by atoms with E-state index in [1.165, 1.54) is 33.8 Å². The number of amides is 2. The number of rotatable bonds is 9. The van der Waals surface area contributed by atoms with E-state index in [1.54, 1.807) is 7.05 Å². The van der Waals surface area contributed by atoms with Gasteiger partial charge >= 0.3 is 12.1 Å². The number of carbonyl (C=O) groups is 3. The molecular formula is C24H24N4O5S. The van der Waals surface area contributed by atoms with Gasteiger partial charge in [0.1, 0.15) is 18.0 Å². The van der Waals surface area contributed by atoms with Crippen molar-refractivity contribution in [2.75, 3.05) is 30.0 Å². The summed E-state index contributed by atoms with van der Waals surface area (Å²) < 4.78 is 6.78. The summed E-state index contributed by atoms with van der Waals surface area (Å²) in [4.78, 5) is 35.5. The molecule has 34 heavy (non-hydrogen) atoms. The van der Waals surface area contributed by atoms with Gasteiger partial charge < -0.3 is 20.5 Å². The Hall–Kier alpha value is -3.79. The molecule has 0 atom stereocenters. The summed E-state index contributed by atoms with van der Waals surface area (Å²) in [6, 6.07) is 16.3. The fourth-order valence-corrected chi connectivity index (χ4v) is 4.60. The van der Waals surface area contributed by atoms with E-state index in [1.807, 2.05) is 24.3 Å². The maximum atomic E-state index is 12.2. The van der Waals surface area contributed by atoms with Gasteiger partial charge in [-0.2, -0.15) is 16.9 Å². The predicted octanol–water partition coefficient (Wildman–Crippen LogP) is 3.33. The highest BCUT2D eigenvalue weighted by Gasteiger charge is 2.28. The van der Waals surface area contributed by atoms with Crippen molar-refractivity contribution in [2.24, 2.45) is 7.05 Å². The molecule has 0 saturated heterocycles. The molecule has 0 unspecified atom stereocenters. The number of aryl methyl sites for hydroxylation is 1. The molecule has 0 fully saturated rings. The average molecular weight is 481 g/mol. The van der Waals surface area contributed by atoms with Crippen LogP contribution in [0.25, 0.3) is 11.1 Å². The summed E-state index contributed by atoms with van der Waals surface area (Å²) in [6.07, 6.45) is 0.677. The molecule has 0 saturated carbocycles. The number of carbonyl (C=O) groups excluding carboxylic acids is 2. The Bertz CT molecular complexity index is 1180. The molecule has 4 rings (SSSR count). The van der Waals surface area contributed by atoms with Crippen LogP contribution in [-0.2, 0) is 16.6 Å². The zero-order valence-corrected chi connectivity index (χ0v) is 19.3. The van der Waals surface area contributed by atoms with Crippen LogP contribution >= 0.6 is 11.8 Å². The van der Waals surface area contributed by atoms with Crippen molar-refractivity contribution in [1.29, 1.82) is 0 Å². The van der Waals surface area contributed by atoms with E-state index in [4.69, 9.17) is 9.84 Å². The molecule has 2 amide bonds. The molecule has 176 valence electrons. The number of carboxylic acids is 1. The first-order valence-corrected chi connectivity index (χ1v) is 11.8. The van der Waals surface area contributed by atoms with Crippen molar-refractivity contribution in [2.45, 2.75) is 5.92 Å². The molecule has 0 radical (unpaired) electrons. The standard InChI is InChI=1S/C24H24N4O5S/c1-28-22(19(12-26-28)23(30)31)27-21(29)14-34-11-10-25-24(32)33-13-20-17-8-4-2-6-15(17)16-7-3-5-9-18(16)20/h2-9,12,20H,10-11,13-14H2,1H3,(H,25,32)(H,27,29)(H,30,31). The van der Waals surface area contributed by atoms with Crippen molar-refractivity contribution in [1.82, 2.24) is 15.1 Å². The number of carboxylic acid groups (broad SMARTS) is 1. The van der Waals surface area contributed by atoms with Crippen molar-refractivity contribution in [3.63, 3.8) is 0 Å². The summed E-state index contributed by atoms with van der Waals surface area (Å²) in [5, 5.41) is 18.2. The van der Waals surface area contributed by atoms with Crippen LogP contribution < -0.4 is 10.6 Å². The highest BCUT2D eigenvalue weighted by Crippen LogP contribution is 2.44. The van der Waals surface area contributed by atoms with Crippen molar-refractivity contribution in [3.05, 3.63) is 71.4 Å². The van der Waals surface area contributed by atoms with E-state index in [9.17, 15) is 14.4 Å². The molecular weight excluding hydrogens is 456 g/mol. The maximum Gasteiger partial charge on any atom is 0.407 e. The highest BCUT2D eigenvalue weighted by atomic mass is 32.2. The average Bonchev–Trinajstić information content (AvgIpc) is 3.35. The Morgan fingerprint density at radius 3 is 2.38 bits per heavy atom. The Morgan fingerprint density at radius 2 is 1.74 bits per heavy atom. The first-order chi connectivity index (χ1) is 16.5. The second kappa shape index (κ2) is 10.4. The molecule has 1 aliphatic carbocycles. The predicted molar refractivity (Wildman–Crippen MR) is 129 cm³/mol. The van der Waals surface area contributed by atoms with Gasteiger partial charge in [0.15, 0.2) is 0 Å². The second-order valence-electron chi connectivity index (χ2n) is 7.69. The van der Waals surface area contributed by atoms with Crippen LogP contribution in [0.5, 0.6) is 0 Å². The highest BCUT2D eigenvalue weighted by molar-refractivity contribution is 7.99. The van der Waals surface area contributed by atoms with E-state index >= 15 is 0 Å². The largest absolute Gasteiger partial charge is 0.477 e. The molecule has 3 N–H and O–H groups in total. The van der Waals surface area contributed by atoms with Gasteiger partial charge in [-0.25, -0.2) is 9.59 Å². The Balaban J connectivity index is 1.19. The van der Waals surface area contributed by atoms with Gasteiger partial charge in [-0.1, -0.05) is 48.5 Å². The summed E-state index contributed by atoms with van der Waals surface area (Å²) in [6.45, 7) is 0.576. The lowest BCUT2D eigenvalue weighted by Gasteiger charge is -2.14. The third-order valence-electron chi connectivity index (χ3n) is 5.52. The van der Waals surface area contributed by atoms with E-state index < -0.39 is 12.1 Å².